The molecule has 1 aliphatic heterocycles. The van der Waals surface area contributed by atoms with Crippen LogP contribution in [0.4, 0.5) is 0 Å². The van der Waals surface area contributed by atoms with Gasteiger partial charge in [-0.25, -0.2) is 0 Å². The standard InChI is InChI=1S/C11H22N2O2/c1-8(7-12)6-10(14)13-11(3)4-5-15-9(11)2/h8-9H,4-7,12H2,1-3H3,(H,13,14). The van der Waals surface area contributed by atoms with Gasteiger partial charge in [0.05, 0.1) is 11.6 Å². The third-order valence-corrected chi connectivity index (χ3v) is 3.25. The van der Waals surface area contributed by atoms with Gasteiger partial charge in [0.1, 0.15) is 0 Å². The minimum absolute atomic E-state index is 0.0767. The minimum atomic E-state index is -0.203. The lowest BCUT2D eigenvalue weighted by molar-refractivity contribution is -0.124. The van der Waals surface area contributed by atoms with Gasteiger partial charge >= 0.3 is 0 Å². The van der Waals surface area contributed by atoms with Crippen molar-refractivity contribution in [1.29, 1.82) is 0 Å². The zero-order valence-corrected chi connectivity index (χ0v) is 9.88. The van der Waals surface area contributed by atoms with Crippen LogP contribution in [0.3, 0.4) is 0 Å². The molecule has 0 aromatic heterocycles. The van der Waals surface area contributed by atoms with E-state index in [1.807, 2.05) is 20.8 Å². The van der Waals surface area contributed by atoms with Gasteiger partial charge in [-0.1, -0.05) is 6.92 Å². The number of amides is 1. The molecular weight excluding hydrogens is 192 g/mol. The lowest BCUT2D eigenvalue weighted by atomic mass is 9.94. The topological polar surface area (TPSA) is 64.4 Å². The number of hydrogen-bond acceptors (Lipinski definition) is 3. The highest BCUT2D eigenvalue weighted by Crippen LogP contribution is 2.25. The van der Waals surface area contributed by atoms with Gasteiger partial charge in [0.25, 0.3) is 0 Å². The van der Waals surface area contributed by atoms with Gasteiger partial charge < -0.3 is 15.8 Å². The summed E-state index contributed by atoms with van der Waals surface area (Å²) in [5.74, 6) is 0.319. The molecule has 1 amide bonds. The van der Waals surface area contributed by atoms with E-state index in [9.17, 15) is 4.79 Å². The first-order valence-corrected chi connectivity index (χ1v) is 5.60. The van der Waals surface area contributed by atoms with Gasteiger partial charge in [-0.3, -0.25) is 4.79 Å². The molecule has 4 heteroatoms. The molecule has 4 nitrogen and oxygen atoms in total. The van der Waals surface area contributed by atoms with Crippen molar-refractivity contribution in [2.45, 2.75) is 45.3 Å². The van der Waals surface area contributed by atoms with Gasteiger partial charge in [0.2, 0.25) is 5.91 Å². The first kappa shape index (κ1) is 12.5. The molecule has 0 aromatic rings. The number of nitrogens with one attached hydrogen (secondary N) is 1. The van der Waals surface area contributed by atoms with Gasteiger partial charge in [0, 0.05) is 13.0 Å². The Morgan fingerprint density at radius 3 is 2.87 bits per heavy atom. The van der Waals surface area contributed by atoms with E-state index in [1.54, 1.807) is 0 Å². The Bertz CT molecular complexity index is 233. The molecule has 15 heavy (non-hydrogen) atoms. The van der Waals surface area contributed by atoms with Gasteiger partial charge in [-0.2, -0.15) is 0 Å². The summed E-state index contributed by atoms with van der Waals surface area (Å²) in [4.78, 5) is 11.7. The fraction of sp³-hybridized carbons (Fsp3) is 0.909. The van der Waals surface area contributed by atoms with Crippen LogP contribution in [0.5, 0.6) is 0 Å². The Balaban J connectivity index is 2.43. The fourth-order valence-electron chi connectivity index (χ4n) is 1.77. The average Bonchev–Trinajstić information content (AvgIpc) is 2.46. The maximum atomic E-state index is 11.7. The number of rotatable bonds is 4. The molecule has 1 aliphatic rings. The van der Waals surface area contributed by atoms with Gasteiger partial charge in [-0.15, -0.1) is 0 Å². The van der Waals surface area contributed by atoms with Crippen molar-refractivity contribution in [2.24, 2.45) is 11.7 Å². The second-order valence-electron chi connectivity index (χ2n) is 4.77. The first-order valence-electron chi connectivity index (χ1n) is 5.60. The number of ether oxygens (including phenoxy) is 1. The number of carbonyl (C=O) groups excluding carboxylic acids is 1. The highest BCUT2D eigenvalue weighted by molar-refractivity contribution is 5.77. The van der Waals surface area contributed by atoms with E-state index >= 15 is 0 Å². The molecule has 1 heterocycles. The lowest BCUT2D eigenvalue weighted by Gasteiger charge is -2.29. The molecule has 0 aromatic carbocycles. The molecule has 0 bridgehead atoms. The van der Waals surface area contributed by atoms with Crippen molar-refractivity contribution in [2.75, 3.05) is 13.2 Å². The molecule has 1 fully saturated rings. The second kappa shape index (κ2) is 4.94. The summed E-state index contributed by atoms with van der Waals surface area (Å²) in [6.45, 7) is 7.30. The third-order valence-electron chi connectivity index (χ3n) is 3.25. The van der Waals surface area contributed by atoms with E-state index in [1.165, 1.54) is 0 Å². The van der Waals surface area contributed by atoms with E-state index in [4.69, 9.17) is 10.5 Å². The zero-order valence-electron chi connectivity index (χ0n) is 9.88. The lowest BCUT2D eigenvalue weighted by Crippen LogP contribution is -2.51. The van der Waals surface area contributed by atoms with E-state index in [0.717, 1.165) is 13.0 Å². The van der Waals surface area contributed by atoms with Crippen molar-refractivity contribution in [3.8, 4) is 0 Å². The Morgan fingerprint density at radius 2 is 2.40 bits per heavy atom. The van der Waals surface area contributed by atoms with Crippen LogP contribution in [0.25, 0.3) is 0 Å². The molecule has 88 valence electrons. The quantitative estimate of drug-likeness (QED) is 0.722. The molecule has 0 saturated carbocycles. The zero-order chi connectivity index (χ0) is 11.5. The van der Waals surface area contributed by atoms with Crippen LogP contribution in [0.1, 0.15) is 33.6 Å². The largest absolute Gasteiger partial charge is 0.376 e. The molecule has 0 spiro atoms. The van der Waals surface area contributed by atoms with E-state index in [0.29, 0.717) is 13.0 Å². The third kappa shape index (κ3) is 3.18. The van der Waals surface area contributed by atoms with Crippen molar-refractivity contribution in [3.63, 3.8) is 0 Å². The SMILES string of the molecule is CC(CN)CC(=O)NC1(C)CCOC1C. The molecule has 0 aliphatic carbocycles. The monoisotopic (exact) mass is 214 g/mol. The summed E-state index contributed by atoms with van der Waals surface area (Å²) in [6.07, 6.45) is 1.48. The van der Waals surface area contributed by atoms with Crippen molar-refractivity contribution in [3.05, 3.63) is 0 Å². The maximum absolute atomic E-state index is 11.7. The molecule has 0 radical (unpaired) electrons. The van der Waals surface area contributed by atoms with Crippen LogP contribution in [0.2, 0.25) is 0 Å². The van der Waals surface area contributed by atoms with E-state index < -0.39 is 0 Å². The average molecular weight is 214 g/mol. The molecule has 3 atom stereocenters. The minimum Gasteiger partial charge on any atom is -0.376 e. The van der Waals surface area contributed by atoms with Crippen LogP contribution in [0.15, 0.2) is 0 Å². The normalized spacial score (nSPS) is 32.7. The molecule has 3 N–H and O–H groups in total. The maximum Gasteiger partial charge on any atom is 0.220 e. The van der Waals surface area contributed by atoms with Crippen LogP contribution in [0, 0.1) is 5.92 Å². The summed E-state index contributed by atoms with van der Waals surface area (Å²) in [5.41, 5.74) is 5.28. The van der Waals surface area contributed by atoms with Crippen molar-refractivity contribution in [1.82, 2.24) is 5.32 Å². The Morgan fingerprint density at radius 1 is 1.73 bits per heavy atom. The smallest absolute Gasteiger partial charge is 0.220 e. The Labute approximate surface area is 91.5 Å². The van der Waals surface area contributed by atoms with Crippen LogP contribution in [-0.2, 0) is 9.53 Å². The second-order valence-corrected chi connectivity index (χ2v) is 4.77. The highest BCUT2D eigenvalue weighted by Gasteiger charge is 2.38. The summed E-state index contributed by atoms with van der Waals surface area (Å²) in [5, 5.41) is 3.05. The van der Waals surface area contributed by atoms with Crippen LogP contribution >= 0.6 is 0 Å². The molecular formula is C11H22N2O2. The highest BCUT2D eigenvalue weighted by atomic mass is 16.5. The number of nitrogens with two attached hydrogens (primary N) is 1. The molecule has 1 saturated heterocycles. The Kier molecular flexibility index (Phi) is 4.11. The van der Waals surface area contributed by atoms with Crippen molar-refractivity contribution >= 4 is 5.91 Å². The van der Waals surface area contributed by atoms with Crippen LogP contribution < -0.4 is 11.1 Å². The fourth-order valence-corrected chi connectivity index (χ4v) is 1.77. The van der Waals surface area contributed by atoms with Gasteiger partial charge in [0.15, 0.2) is 0 Å². The van der Waals surface area contributed by atoms with E-state index in [2.05, 4.69) is 5.32 Å². The summed E-state index contributed by atoms with van der Waals surface area (Å²) in [7, 11) is 0. The number of carbonyl (C=O) groups is 1. The predicted octanol–water partition coefficient (Wildman–Crippen LogP) is 0.655. The molecule has 3 unspecified atom stereocenters. The van der Waals surface area contributed by atoms with E-state index in [-0.39, 0.29) is 23.5 Å². The Hall–Kier alpha value is -0.610. The number of hydrogen-bond donors (Lipinski definition) is 2. The van der Waals surface area contributed by atoms with Crippen molar-refractivity contribution < 1.29 is 9.53 Å². The summed E-state index contributed by atoms with van der Waals surface area (Å²) in [6, 6.07) is 0. The summed E-state index contributed by atoms with van der Waals surface area (Å²) < 4.78 is 5.46. The first-order chi connectivity index (χ1) is 6.98. The predicted molar refractivity (Wildman–Crippen MR) is 59.4 cm³/mol. The molecule has 1 rings (SSSR count). The van der Waals surface area contributed by atoms with Gasteiger partial charge in [-0.05, 0) is 32.7 Å². The summed E-state index contributed by atoms with van der Waals surface area (Å²) >= 11 is 0. The van der Waals surface area contributed by atoms with Crippen LogP contribution in [-0.4, -0.2) is 30.7 Å².